The van der Waals surface area contributed by atoms with Gasteiger partial charge in [-0.3, -0.25) is 0 Å². The third-order valence-corrected chi connectivity index (χ3v) is 2.11. The van der Waals surface area contributed by atoms with Crippen molar-refractivity contribution in [2.75, 3.05) is 0 Å². The summed E-state index contributed by atoms with van der Waals surface area (Å²) in [5.74, 6) is 0. The van der Waals surface area contributed by atoms with E-state index in [0.29, 0.717) is 0 Å². The number of hydrogen-bond acceptors (Lipinski definition) is 1. The fraction of sp³-hybridized carbons (Fsp3) is 0.111. The summed E-state index contributed by atoms with van der Waals surface area (Å²) < 4.78 is 36.2. The highest BCUT2D eigenvalue weighted by atomic mass is 32.2. The Labute approximate surface area is 78.5 Å². The highest BCUT2D eigenvalue weighted by Gasteiger charge is 2.29. The van der Waals surface area contributed by atoms with Crippen molar-refractivity contribution >= 4 is 11.8 Å². The molecule has 0 atom stereocenters. The highest BCUT2D eigenvalue weighted by molar-refractivity contribution is 8.02. The number of hydrogen-bond donors (Lipinski definition) is 0. The summed E-state index contributed by atoms with van der Waals surface area (Å²) in [5.41, 5.74) is -0.624. The van der Waals surface area contributed by atoms with E-state index in [0.717, 1.165) is 17.0 Å². The van der Waals surface area contributed by atoms with Crippen LogP contribution in [0.5, 0.6) is 0 Å². The fourth-order valence-electron chi connectivity index (χ4n) is 0.819. The predicted molar refractivity (Wildman–Crippen MR) is 47.5 cm³/mol. The van der Waals surface area contributed by atoms with Crippen LogP contribution in [0.25, 0.3) is 0 Å². The zero-order valence-corrected chi connectivity index (χ0v) is 7.45. The monoisotopic (exact) mass is 204 g/mol. The van der Waals surface area contributed by atoms with Crippen molar-refractivity contribution in [1.82, 2.24) is 0 Å². The van der Waals surface area contributed by atoms with Crippen molar-refractivity contribution in [1.29, 1.82) is 0 Å². The number of alkyl halides is 3. The fourth-order valence-corrected chi connectivity index (χ4v) is 1.30. The number of rotatable bonds is 2. The maximum atomic E-state index is 12.1. The standard InChI is InChI=1S/C9H7F3S/c1-2-13-8-5-3-7(4-6-8)9(10,11)12/h2-6H,1H2. The molecule has 70 valence electrons. The lowest BCUT2D eigenvalue weighted by molar-refractivity contribution is -0.137. The Morgan fingerprint density at radius 2 is 1.69 bits per heavy atom. The first-order chi connectivity index (χ1) is 6.04. The lowest BCUT2D eigenvalue weighted by Crippen LogP contribution is -2.03. The summed E-state index contributed by atoms with van der Waals surface area (Å²) >= 11 is 1.29. The molecule has 0 heterocycles. The summed E-state index contributed by atoms with van der Waals surface area (Å²) in [4.78, 5) is 0.753. The maximum absolute atomic E-state index is 12.1. The lowest BCUT2D eigenvalue weighted by atomic mass is 10.2. The molecule has 0 nitrogen and oxygen atoms in total. The predicted octanol–water partition coefficient (Wildman–Crippen LogP) is 3.94. The molecule has 0 aromatic heterocycles. The van der Waals surface area contributed by atoms with Crippen LogP contribution >= 0.6 is 11.8 Å². The van der Waals surface area contributed by atoms with Crippen molar-refractivity contribution in [2.45, 2.75) is 11.1 Å². The second-order valence-corrected chi connectivity index (χ2v) is 3.35. The van der Waals surface area contributed by atoms with Crippen LogP contribution in [-0.2, 0) is 6.18 Å². The highest BCUT2D eigenvalue weighted by Crippen LogP contribution is 2.30. The Bertz CT molecular complexity index is 287. The Morgan fingerprint density at radius 1 is 1.15 bits per heavy atom. The number of halogens is 3. The smallest absolute Gasteiger partial charge is 0.166 e. The van der Waals surface area contributed by atoms with Crippen molar-refractivity contribution in [2.24, 2.45) is 0 Å². The summed E-state index contributed by atoms with van der Waals surface area (Å²) in [6, 6.07) is 4.97. The van der Waals surface area contributed by atoms with E-state index in [9.17, 15) is 13.2 Å². The summed E-state index contributed by atoms with van der Waals surface area (Å²) in [7, 11) is 0. The normalized spacial score (nSPS) is 11.3. The minimum Gasteiger partial charge on any atom is -0.166 e. The second kappa shape index (κ2) is 3.87. The zero-order valence-electron chi connectivity index (χ0n) is 6.64. The van der Waals surface area contributed by atoms with Gasteiger partial charge in [-0.05, 0) is 29.7 Å². The van der Waals surface area contributed by atoms with E-state index in [1.54, 1.807) is 5.41 Å². The molecule has 0 spiro atoms. The minimum absolute atomic E-state index is 0.624. The van der Waals surface area contributed by atoms with E-state index in [4.69, 9.17) is 0 Å². The third kappa shape index (κ3) is 2.81. The van der Waals surface area contributed by atoms with Crippen molar-refractivity contribution < 1.29 is 13.2 Å². The van der Waals surface area contributed by atoms with E-state index in [1.165, 1.54) is 23.9 Å². The molecule has 0 N–H and O–H groups in total. The van der Waals surface area contributed by atoms with Crippen LogP contribution in [0.15, 0.2) is 41.1 Å². The molecule has 4 heteroatoms. The summed E-state index contributed by atoms with van der Waals surface area (Å²) in [6.07, 6.45) is -4.25. The molecule has 0 bridgehead atoms. The van der Waals surface area contributed by atoms with Gasteiger partial charge in [-0.25, -0.2) is 0 Å². The number of thioether (sulfide) groups is 1. The molecule has 0 aliphatic carbocycles. The molecule has 0 saturated carbocycles. The average Bonchev–Trinajstić information content (AvgIpc) is 2.04. The van der Waals surface area contributed by atoms with Gasteiger partial charge in [0, 0.05) is 4.90 Å². The minimum atomic E-state index is -4.25. The van der Waals surface area contributed by atoms with Crippen LogP contribution in [-0.4, -0.2) is 0 Å². The van der Waals surface area contributed by atoms with E-state index in [2.05, 4.69) is 6.58 Å². The van der Waals surface area contributed by atoms with Gasteiger partial charge in [0.2, 0.25) is 0 Å². The molecular formula is C9H7F3S. The average molecular weight is 204 g/mol. The van der Waals surface area contributed by atoms with Crippen LogP contribution in [0.1, 0.15) is 5.56 Å². The quantitative estimate of drug-likeness (QED) is 0.657. The topological polar surface area (TPSA) is 0 Å². The first kappa shape index (κ1) is 10.2. The van der Waals surface area contributed by atoms with Gasteiger partial charge in [0.05, 0.1) is 5.56 Å². The van der Waals surface area contributed by atoms with Crippen LogP contribution in [0.2, 0.25) is 0 Å². The first-order valence-corrected chi connectivity index (χ1v) is 4.37. The SMILES string of the molecule is C=CSc1ccc(C(F)(F)F)cc1. The van der Waals surface area contributed by atoms with E-state index in [1.807, 2.05) is 0 Å². The van der Waals surface area contributed by atoms with Gasteiger partial charge >= 0.3 is 6.18 Å². The molecule has 1 aromatic rings. The van der Waals surface area contributed by atoms with Gasteiger partial charge < -0.3 is 0 Å². The molecule has 0 aliphatic rings. The zero-order chi connectivity index (χ0) is 9.90. The van der Waals surface area contributed by atoms with Crippen LogP contribution in [0.4, 0.5) is 13.2 Å². The van der Waals surface area contributed by atoms with E-state index in [-0.39, 0.29) is 0 Å². The van der Waals surface area contributed by atoms with Gasteiger partial charge in [0.25, 0.3) is 0 Å². The molecule has 0 fully saturated rings. The summed E-state index contributed by atoms with van der Waals surface area (Å²) in [5, 5.41) is 1.57. The Hall–Kier alpha value is -0.900. The lowest BCUT2D eigenvalue weighted by Gasteiger charge is -2.06. The maximum Gasteiger partial charge on any atom is 0.416 e. The van der Waals surface area contributed by atoms with Gasteiger partial charge in [-0.1, -0.05) is 18.3 Å². The first-order valence-electron chi connectivity index (χ1n) is 3.49. The van der Waals surface area contributed by atoms with Crippen LogP contribution in [0.3, 0.4) is 0 Å². The number of benzene rings is 1. The van der Waals surface area contributed by atoms with Crippen LogP contribution in [0, 0.1) is 0 Å². The largest absolute Gasteiger partial charge is 0.416 e. The van der Waals surface area contributed by atoms with E-state index < -0.39 is 11.7 Å². The second-order valence-electron chi connectivity index (χ2n) is 2.31. The third-order valence-electron chi connectivity index (χ3n) is 1.40. The molecule has 13 heavy (non-hydrogen) atoms. The van der Waals surface area contributed by atoms with Crippen molar-refractivity contribution in [3.05, 3.63) is 41.8 Å². The Morgan fingerprint density at radius 3 is 2.08 bits per heavy atom. The molecule has 0 amide bonds. The molecule has 0 unspecified atom stereocenters. The molecule has 0 aliphatic heterocycles. The molecule has 0 radical (unpaired) electrons. The Balaban J connectivity index is 2.87. The van der Waals surface area contributed by atoms with Gasteiger partial charge in [0.15, 0.2) is 0 Å². The van der Waals surface area contributed by atoms with Gasteiger partial charge in [-0.15, -0.1) is 0 Å². The van der Waals surface area contributed by atoms with Gasteiger partial charge in [-0.2, -0.15) is 13.2 Å². The van der Waals surface area contributed by atoms with Crippen molar-refractivity contribution in [3.63, 3.8) is 0 Å². The van der Waals surface area contributed by atoms with Gasteiger partial charge in [0.1, 0.15) is 0 Å². The molecule has 0 saturated heterocycles. The molecule has 1 rings (SSSR count). The summed E-state index contributed by atoms with van der Waals surface area (Å²) in [6.45, 7) is 3.47. The van der Waals surface area contributed by atoms with E-state index >= 15 is 0 Å². The van der Waals surface area contributed by atoms with Crippen LogP contribution < -0.4 is 0 Å². The van der Waals surface area contributed by atoms with Crippen molar-refractivity contribution in [3.8, 4) is 0 Å². The molecular weight excluding hydrogens is 197 g/mol. The molecule has 1 aromatic carbocycles. The Kier molecular flexibility index (Phi) is 3.03.